The van der Waals surface area contributed by atoms with Crippen molar-refractivity contribution >= 4 is 16.0 Å². The molecule has 0 aliphatic rings. The normalized spacial score (nSPS) is 12.4. The monoisotopic (exact) mass is 431 g/mol. The van der Waals surface area contributed by atoms with E-state index in [1.165, 1.54) is 31.4 Å². The standard InChI is InChI=1S/C20H21N3O6S/c1-4-28-20(24)14-8-7-9-15(12-14)30(25,26)23-18(19-21-13(2)29-22-19)16-10-5-6-11-17(16)27-3/h5-12,18,23H,4H2,1-3H3/t18-/m1/s1. The second kappa shape index (κ2) is 9.06. The lowest BCUT2D eigenvalue weighted by atomic mass is 10.1. The van der Waals surface area contributed by atoms with Crippen LogP contribution in [0.3, 0.4) is 0 Å². The fourth-order valence-electron chi connectivity index (χ4n) is 2.82. The zero-order valence-electron chi connectivity index (χ0n) is 16.7. The first-order valence-corrected chi connectivity index (χ1v) is 10.6. The van der Waals surface area contributed by atoms with Gasteiger partial charge in [-0.2, -0.15) is 9.71 Å². The van der Waals surface area contributed by atoms with E-state index in [2.05, 4.69) is 14.9 Å². The zero-order valence-corrected chi connectivity index (χ0v) is 17.5. The number of esters is 1. The average molecular weight is 431 g/mol. The molecule has 1 N–H and O–H groups in total. The van der Waals surface area contributed by atoms with E-state index in [0.717, 1.165) is 0 Å². The molecule has 0 bridgehead atoms. The highest BCUT2D eigenvalue weighted by Crippen LogP contribution is 2.30. The Morgan fingerprint density at radius 3 is 2.63 bits per heavy atom. The Kier molecular flexibility index (Phi) is 6.48. The van der Waals surface area contributed by atoms with Crippen molar-refractivity contribution in [1.82, 2.24) is 14.9 Å². The quantitative estimate of drug-likeness (QED) is 0.541. The average Bonchev–Trinajstić information content (AvgIpc) is 3.18. The first-order chi connectivity index (χ1) is 14.4. The maximum absolute atomic E-state index is 13.1. The predicted octanol–water partition coefficient (Wildman–Crippen LogP) is 2.63. The molecule has 9 nitrogen and oxygen atoms in total. The second-order valence-corrected chi connectivity index (χ2v) is 7.93. The lowest BCUT2D eigenvalue weighted by molar-refractivity contribution is 0.0526. The molecule has 3 aromatic rings. The molecule has 0 fully saturated rings. The number of ether oxygens (including phenoxy) is 2. The van der Waals surface area contributed by atoms with Gasteiger partial charge in [0.2, 0.25) is 15.9 Å². The summed E-state index contributed by atoms with van der Waals surface area (Å²) in [5.41, 5.74) is 0.634. The van der Waals surface area contributed by atoms with E-state index in [9.17, 15) is 13.2 Å². The minimum Gasteiger partial charge on any atom is -0.496 e. The van der Waals surface area contributed by atoms with Gasteiger partial charge in [0.1, 0.15) is 11.8 Å². The lowest BCUT2D eigenvalue weighted by Crippen LogP contribution is -2.30. The Morgan fingerprint density at radius 1 is 1.20 bits per heavy atom. The summed E-state index contributed by atoms with van der Waals surface area (Å²) in [6.07, 6.45) is 0. The highest BCUT2D eigenvalue weighted by molar-refractivity contribution is 7.89. The van der Waals surface area contributed by atoms with Crippen LogP contribution < -0.4 is 9.46 Å². The first-order valence-electron chi connectivity index (χ1n) is 9.08. The molecule has 158 valence electrons. The third kappa shape index (κ3) is 4.66. The minimum absolute atomic E-state index is 0.104. The van der Waals surface area contributed by atoms with Gasteiger partial charge in [-0.15, -0.1) is 0 Å². The number of benzene rings is 2. The summed E-state index contributed by atoms with van der Waals surface area (Å²) < 4.78 is 44.2. The molecule has 0 unspecified atom stereocenters. The van der Waals surface area contributed by atoms with Crippen LogP contribution in [0, 0.1) is 6.92 Å². The summed E-state index contributed by atoms with van der Waals surface area (Å²) in [4.78, 5) is 16.1. The third-order valence-electron chi connectivity index (χ3n) is 4.18. The van der Waals surface area contributed by atoms with E-state index in [4.69, 9.17) is 14.0 Å². The van der Waals surface area contributed by atoms with Gasteiger partial charge >= 0.3 is 5.97 Å². The molecular weight excluding hydrogens is 410 g/mol. The van der Waals surface area contributed by atoms with Crippen LogP contribution in [-0.2, 0) is 14.8 Å². The number of nitrogens with one attached hydrogen (secondary N) is 1. The number of hydrogen-bond acceptors (Lipinski definition) is 8. The molecular formula is C20H21N3O6S. The third-order valence-corrected chi connectivity index (χ3v) is 5.60. The molecule has 1 atom stereocenters. The molecule has 0 saturated carbocycles. The molecule has 0 amide bonds. The predicted molar refractivity (Wildman–Crippen MR) is 107 cm³/mol. The maximum atomic E-state index is 13.1. The van der Waals surface area contributed by atoms with Crippen LogP contribution in [0.2, 0.25) is 0 Å². The first kappa shape index (κ1) is 21.5. The number of rotatable bonds is 8. The molecule has 3 rings (SSSR count). The van der Waals surface area contributed by atoms with Gasteiger partial charge in [0.15, 0.2) is 5.82 Å². The Hall–Kier alpha value is -3.24. The van der Waals surface area contributed by atoms with Crippen molar-refractivity contribution in [2.24, 2.45) is 0 Å². The second-order valence-electron chi connectivity index (χ2n) is 6.22. The Morgan fingerprint density at radius 2 is 1.97 bits per heavy atom. The summed E-state index contributed by atoms with van der Waals surface area (Å²) in [6, 6.07) is 11.5. The number of aryl methyl sites for hydroxylation is 1. The van der Waals surface area contributed by atoms with Crippen LogP contribution in [0.15, 0.2) is 57.9 Å². The van der Waals surface area contributed by atoms with E-state index < -0.39 is 22.0 Å². The van der Waals surface area contributed by atoms with Crippen LogP contribution in [0.25, 0.3) is 0 Å². The minimum atomic E-state index is -4.08. The highest BCUT2D eigenvalue weighted by Gasteiger charge is 2.29. The molecule has 0 radical (unpaired) electrons. The molecule has 1 heterocycles. The van der Waals surface area contributed by atoms with Gasteiger partial charge in [-0.1, -0.05) is 29.4 Å². The van der Waals surface area contributed by atoms with Crippen LogP contribution >= 0.6 is 0 Å². The summed E-state index contributed by atoms with van der Waals surface area (Å²) in [6.45, 7) is 3.46. The van der Waals surface area contributed by atoms with Gasteiger partial charge in [-0.05, 0) is 31.2 Å². The van der Waals surface area contributed by atoms with Gasteiger partial charge in [0.05, 0.1) is 24.2 Å². The van der Waals surface area contributed by atoms with Crippen molar-refractivity contribution in [2.45, 2.75) is 24.8 Å². The Labute approximate surface area is 174 Å². The van der Waals surface area contributed by atoms with Crippen LogP contribution in [-0.4, -0.2) is 38.2 Å². The topological polar surface area (TPSA) is 121 Å². The van der Waals surface area contributed by atoms with Crippen molar-refractivity contribution in [1.29, 1.82) is 0 Å². The lowest BCUT2D eigenvalue weighted by Gasteiger charge is -2.18. The molecule has 1 aromatic heterocycles. The highest BCUT2D eigenvalue weighted by atomic mass is 32.2. The van der Waals surface area contributed by atoms with Gasteiger partial charge in [-0.25, -0.2) is 13.2 Å². The summed E-state index contributed by atoms with van der Waals surface area (Å²) in [5, 5.41) is 3.87. The molecule has 0 saturated heterocycles. The number of methoxy groups -OCH3 is 1. The van der Waals surface area contributed by atoms with E-state index in [-0.39, 0.29) is 28.8 Å². The van der Waals surface area contributed by atoms with Gasteiger partial charge in [0.25, 0.3) is 0 Å². The zero-order chi connectivity index (χ0) is 21.7. The summed E-state index contributed by atoms with van der Waals surface area (Å²) in [7, 11) is -2.60. The Bertz CT molecular complexity index is 1140. The number of hydrogen-bond donors (Lipinski definition) is 1. The maximum Gasteiger partial charge on any atom is 0.338 e. The number of aromatic nitrogens is 2. The van der Waals surface area contributed by atoms with Gasteiger partial charge in [-0.3, -0.25) is 0 Å². The molecule has 0 spiro atoms. The van der Waals surface area contributed by atoms with Crippen molar-refractivity contribution < 1.29 is 27.2 Å². The molecule has 0 aliphatic carbocycles. The fraction of sp³-hybridized carbons (Fsp3) is 0.250. The molecule has 10 heteroatoms. The van der Waals surface area contributed by atoms with Crippen LogP contribution in [0.4, 0.5) is 0 Å². The number of carbonyl (C=O) groups is 1. The van der Waals surface area contributed by atoms with E-state index in [1.54, 1.807) is 38.1 Å². The van der Waals surface area contributed by atoms with Crippen molar-refractivity contribution in [3.63, 3.8) is 0 Å². The van der Waals surface area contributed by atoms with Crippen LogP contribution in [0.5, 0.6) is 5.75 Å². The Balaban J connectivity index is 2.02. The van der Waals surface area contributed by atoms with Crippen molar-refractivity contribution in [3.05, 3.63) is 71.4 Å². The van der Waals surface area contributed by atoms with E-state index in [1.807, 2.05) is 0 Å². The fourth-order valence-corrected chi connectivity index (χ4v) is 4.04. The molecule has 0 aliphatic heterocycles. The van der Waals surface area contributed by atoms with Crippen molar-refractivity contribution in [2.75, 3.05) is 13.7 Å². The van der Waals surface area contributed by atoms with E-state index >= 15 is 0 Å². The van der Waals surface area contributed by atoms with E-state index in [0.29, 0.717) is 11.3 Å². The van der Waals surface area contributed by atoms with Gasteiger partial charge in [0, 0.05) is 12.5 Å². The molecule has 30 heavy (non-hydrogen) atoms. The number of sulfonamides is 1. The largest absolute Gasteiger partial charge is 0.496 e. The summed E-state index contributed by atoms with van der Waals surface area (Å²) >= 11 is 0. The smallest absolute Gasteiger partial charge is 0.338 e. The van der Waals surface area contributed by atoms with Crippen LogP contribution in [0.1, 0.15) is 40.6 Å². The SMILES string of the molecule is CCOC(=O)c1cccc(S(=O)(=O)N[C@@H](c2noc(C)n2)c2ccccc2OC)c1. The number of nitrogens with zero attached hydrogens (tertiary/aromatic N) is 2. The number of carbonyl (C=O) groups excluding carboxylic acids is 1. The van der Waals surface area contributed by atoms with Crippen molar-refractivity contribution in [3.8, 4) is 5.75 Å². The van der Waals surface area contributed by atoms with Gasteiger partial charge < -0.3 is 14.0 Å². The summed E-state index contributed by atoms with van der Waals surface area (Å²) in [5.74, 6) is 0.257. The number of para-hydroxylation sites is 1. The molecule has 2 aromatic carbocycles.